The second kappa shape index (κ2) is 3.58. The lowest BCUT2D eigenvalue weighted by molar-refractivity contribution is -0.137. The average molecular weight is 264 g/mol. The van der Waals surface area contributed by atoms with E-state index < -0.39 is 43.5 Å². The molecule has 92 valence electrons. The monoisotopic (exact) mass is 264 g/mol. The molecule has 1 aliphatic rings. The first-order valence-corrected chi connectivity index (χ1v) is 6.03. The zero-order chi connectivity index (χ0) is 12.8. The van der Waals surface area contributed by atoms with Crippen molar-refractivity contribution >= 4 is 15.9 Å². The number of aliphatic hydroxyl groups is 1. The van der Waals surface area contributed by atoms with Crippen LogP contribution in [0.1, 0.15) is 11.1 Å². The number of rotatable bonds is 1. The van der Waals surface area contributed by atoms with Gasteiger partial charge in [-0.1, -0.05) is 6.07 Å². The molecule has 17 heavy (non-hydrogen) atoms. The fourth-order valence-electron chi connectivity index (χ4n) is 1.68. The number of hydrogen-bond donors (Lipinski definition) is 1. The highest BCUT2D eigenvalue weighted by atomic mass is 32.2. The molecule has 0 saturated carbocycles. The Morgan fingerprint density at radius 2 is 1.88 bits per heavy atom. The van der Waals surface area contributed by atoms with Crippen LogP contribution in [-0.2, 0) is 16.0 Å². The maximum absolute atomic E-state index is 12.6. The molecule has 3 nitrogen and oxygen atoms in total. The van der Waals surface area contributed by atoms with Crippen molar-refractivity contribution in [2.24, 2.45) is 0 Å². The van der Waals surface area contributed by atoms with E-state index in [0.29, 0.717) is 0 Å². The Kier molecular flexibility index (Phi) is 2.55. The Balaban J connectivity index is 2.76. The molecule has 0 radical (unpaired) electrons. The fraction of sp³-hybridized carbons (Fsp3) is 0.200. The van der Waals surface area contributed by atoms with E-state index in [0.717, 1.165) is 24.3 Å². The highest BCUT2D eigenvalue weighted by Crippen LogP contribution is 2.40. The van der Waals surface area contributed by atoms with Crippen molar-refractivity contribution in [1.82, 2.24) is 0 Å². The molecule has 0 unspecified atom stereocenters. The number of benzene rings is 1. The third-order valence-corrected chi connectivity index (χ3v) is 4.34. The van der Waals surface area contributed by atoms with Crippen molar-refractivity contribution in [3.8, 4) is 0 Å². The predicted molar refractivity (Wildman–Crippen MR) is 53.7 cm³/mol. The summed E-state index contributed by atoms with van der Waals surface area (Å²) in [6, 6.07) is 2.94. The summed E-state index contributed by atoms with van der Waals surface area (Å²) in [7, 11) is -3.97. The van der Waals surface area contributed by atoms with Gasteiger partial charge in [0.2, 0.25) is 9.84 Å². The van der Waals surface area contributed by atoms with Gasteiger partial charge in [-0.15, -0.1) is 0 Å². The van der Waals surface area contributed by atoms with Crippen LogP contribution in [0.4, 0.5) is 13.2 Å². The summed E-state index contributed by atoms with van der Waals surface area (Å²) in [5, 5.41) is 8.84. The number of alkyl halides is 3. The number of fused-ring (bicyclic) bond motifs is 1. The van der Waals surface area contributed by atoms with Crippen molar-refractivity contribution in [2.75, 3.05) is 6.61 Å². The normalized spacial score (nSPS) is 17.8. The van der Waals surface area contributed by atoms with E-state index in [-0.39, 0.29) is 0 Å². The van der Waals surface area contributed by atoms with E-state index in [4.69, 9.17) is 5.11 Å². The van der Waals surface area contributed by atoms with Gasteiger partial charge in [0.25, 0.3) is 0 Å². The number of sulfone groups is 1. The SMILES string of the molecule is O=S1(=O)C(CO)=Cc2c(C(F)(F)F)cccc21. The minimum Gasteiger partial charge on any atom is -0.391 e. The van der Waals surface area contributed by atoms with Gasteiger partial charge in [-0.2, -0.15) is 13.2 Å². The van der Waals surface area contributed by atoms with Crippen molar-refractivity contribution in [1.29, 1.82) is 0 Å². The summed E-state index contributed by atoms with van der Waals surface area (Å²) in [5.41, 5.74) is -1.41. The Bertz CT molecular complexity index is 600. The van der Waals surface area contributed by atoms with E-state index in [1.165, 1.54) is 0 Å². The second-order valence-corrected chi connectivity index (χ2v) is 5.46. The van der Waals surface area contributed by atoms with Crippen molar-refractivity contribution < 1.29 is 26.7 Å². The number of aliphatic hydroxyl groups excluding tert-OH is 1. The van der Waals surface area contributed by atoms with Crippen LogP contribution >= 0.6 is 0 Å². The van der Waals surface area contributed by atoms with E-state index >= 15 is 0 Å². The molecule has 0 spiro atoms. The summed E-state index contributed by atoms with van der Waals surface area (Å²) in [6.07, 6.45) is -3.75. The van der Waals surface area contributed by atoms with E-state index in [2.05, 4.69) is 0 Å². The molecule has 0 fully saturated rings. The minimum absolute atomic E-state index is 0.399. The third kappa shape index (κ3) is 1.75. The molecule has 1 N–H and O–H groups in total. The molecule has 1 heterocycles. The maximum Gasteiger partial charge on any atom is 0.417 e. The zero-order valence-electron chi connectivity index (χ0n) is 8.32. The van der Waals surface area contributed by atoms with Crippen LogP contribution < -0.4 is 0 Å². The first kappa shape index (κ1) is 12.1. The van der Waals surface area contributed by atoms with Crippen LogP contribution in [0.5, 0.6) is 0 Å². The fourth-order valence-corrected chi connectivity index (χ4v) is 3.13. The van der Waals surface area contributed by atoms with Gasteiger partial charge in [0.1, 0.15) is 0 Å². The Morgan fingerprint density at radius 3 is 2.41 bits per heavy atom. The van der Waals surface area contributed by atoms with Crippen LogP contribution in [0.3, 0.4) is 0 Å². The molecule has 1 aliphatic heterocycles. The summed E-state index contributed by atoms with van der Waals surface area (Å²) in [5.74, 6) is 0. The first-order chi connectivity index (χ1) is 7.78. The molecule has 0 bridgehead atoms. The molecule has 2 rings (SSSR count). The smallest absolute Gasteiger partial charge is 0.391 e. The topological polar surface area (TPSA) is 54.4 Å². The quantitative estimate of drug-likeness (QED) is 0.841. The maximum atomic E-state index is 12.6. The molecule has 0 saturated heterocycles. The highest BCUT2D eigenvalue weighted by Gasteiger charge is 2.39. The second-order valence-electron chi connectivity index (χ2n) is 3.49. The van der Waals surface area contributed by atoms with Gasteiger partial charge in [0.15, 0.2) is 0 Å². The van der Waals surface area contributed by atoms with Gasteiger partial charge in [-0.05, 0) is 18.2 Å². The van der Waals surface area contributed by atoms with Crippen LogP contribution in [-0.4, -0.2) is 20.1 Å². The van der Waals surface area contributed by atoms with Crippen LogP contribution in [0.15, 0.2) is 28.0 Å². The van der Waals surface area contributed by atoms with Gasteiger partial charge in [-0.3, -0.25) is 0 Å². The Morgan fingerprint density at radius 1 is 1.24 bits per heavy atom. The molecule has 0 aromatic heterocycles. The molecule has 1 aromatic carbocycles. The molecule has 0 amide bonds. The lowest BCUT2D eigenvalue weighted by Crippen LogP contribution is -2.09. The minimum atomic E-state index is -4.62. The van der Waals surface area contributed by atoms with Crippen LogP contribution in [0.25, 0.3) is 6.08 Å². The van der Waals surface area contributed by atoms with Gasteiger partial charge in [0.05, 0.1) is 22.0 Å². The van der Waals surface area contributed by atoms with Crippen LogP contribution in [0.2, 0.25) is 0 Å². The summed E-state index contributed by atoms with van der Waals surface area (Å²) < 4.78 is 61.3. The molecular formula is C10H7F3O3S. The van der Waals surface area contributed by atoms with Crippen molar-refractivity contribution in [3.05, 3.63) is 34.2 Å². The van der Waals surface area contributed by atoms with E-state index in [1.54, 1.807) is 0 Å². The first-order valence-electron chi connectivity index (χ1n) is 4.55. The Hall–Kier alpha value is -1.34. The largest absolute Gasteiger partial charge is 0.417 e. The summed E-state index contributed by atoms with van der Waals surface area (Å²) in [6.45, 7) is -0.811. The average Bonchev–Trinajstić information content (AvgIpc) is 2.48. The summed E-state index contributed by atoms with van der Waals surface area (Å²) >= 11 is 0. The van der Waals surface area contributed by atoms with E-state index in [9.17, 15) is 21.6 Å². The highest BCUT2D eigenvalue weighted by molar-refractivity contribution is 7.95. The number of hydrogen-bond acceptors (Lipinski definition) is 3. The van der Waals surface area contributed by atoms with Gasteiger partial charge in [0, 0.05) is 5.56 Å². The molecule has 0 atom stereocenters. The Labute approximate surface area is 95.1 Å². The van der Waals surface area contributed by atoms with Gasteiger partial charge >= 0.3 is 6.18 Å². The van der Waals surface area contributed by atoms with Gasteiger partial charge in [-0.25, -0.2) is 8.42 Å². The molecule has 0 aliphatic carbocycles. The van der Waals surface area contributed by atoms with Crippen molar-refractivity contribution in [2.45, 2.75) is 11.1 Å². The number of halogens is 3. The van der Waals surface area contributed by atoms with Gasteiger partial charge < -0.3 is 5.11 Å². The lowest BCUT2D eigenvalue weighted by Gasteiger charge is -2.10. The predicted octanol–water partition coefficient (Wildman–Crippen LogP) is 1.83. The molecule has 7 heteroatoms. The van der Waals surface area contributed by atoms with E-state index in [1.807, 2.05) is 0 Å². The molecular weight excluding hydrogens is 257 g/mol. The van der Waals surface area contributed by atoms with Crippen molar-refractivity contribution in [3.63, 3.8) is 0 Å². The summed E-state index contributed by atoms with van der Waals surface area (Å²) in [4.78, 5) is -0.819. The molecule has 1 aromatic rings. The standard InChI is InChI=1S/C10H7F3O3S/c11-10(12,13)8-2-1-3-9-7(8)4-6(5-14)17(9,15)16/h1-4,14H,5H2. The third-order valence-electron chi connectivity index (χ3n) is 2.47. The lowest BCUT2D eigenvalue weighted by atomic mass is 10.1. The zero-order valence-corrected chi connectivity index (χ0v) is 9.14. The van der Waals surface area contributed by atoms with Crippen LogP contribution in [0, 0.1) is 0 Å².